The van der Waals surface area contributed by atoms with Gasteiger partial charge in [-0.3, -0.25) is 0 Å². The van der Waals surface area contributed by atoms with Crippen molar-refractivity contribution in [1.82, 2.24) is 0 Å². The molecule has 0 spiro atoms. The Morgan fingerprint density at radius 3 is 1.78 bits per heavy atom. The molecule has 0 N–H and O–H groups in total. The van der Waals surface area contributed by atoms with Crippen molar-refractivity contribution in [2.45, 2.75) is 13.8 Å². The van der Waals surface area contributed by atoms with E-state index in [1.54, 1.807) is 0 Å². The van der Waals surface area contributed by atoms with Gasteiger partial charge >= 0.3 is 0 Å². The molecule has 0 bridgehead atoms. The van der Waals surface area contributed by atoms with Crippen molar-refractivity contribution in [3.8, 4) is 5.75 Å². The van der Waals surface area contributed by atoms with Crippen LogP contribution in [0.3, 0.4) is 0 Å². The molecular formula is C16H20OP+. The molecule has 0 saturated heterocycles. The van der Waals surface area contributed by atoms with E-state index in [-0.39, 0.29) is 0 Å². The van der Waals surface area contributed by atoms with Gasteiger partial charge in [-0.1, -0.05) is 36.4 Å². The summed E-state index contributed by atoms with van der Waals surface area (Å²) in [6.45, 7) is 4.46. The van der Waals surface area contributed by atoms with Crippen molar-refractivity contribution < 1.29 is 4.52 Å². The molecule has 0 unspecified atom stereocenters. The Morgan fingerprint density at radius 2 is 1.28 bits per heavy atom. The molecule has 0 saturated carbocycles. The third-order valence-electron chi connectivity index (χ3n) is 3.27. The van der Waals surface area contributed by atoms with E-state index in [4.69, 9.17) is 4.52 Å². The topological polar surface area (TPSA) is 9.23 Å². The highest BCUT2D eigenvalue weighted by Crippen LogP contribution is 2.57. The Hall–Kier alpha value is -1.33. The van der Waals surface area contributed by atoms with E-state index < -0.39 is 7.49 Å². The van der Waals surface area contributed by atoms with Gasteiger partial charge in [0.2, 0.25) is 7.49 Å². The number of hydrogen-bond acceptors (Lipinski definition) is 1. The predicted octanol–water partition coefficient (Wildman–Crippen LogP) is 4.36. The Labute approximate surface area is 110 Å². The molecule has 1 nitrogen and oxygen atoms in total. The summed E-state index contributed by atoms with van der Waals surface area (Å²) in [5.74, 6) is 0.985. The number of benzene rings is 2. The molecule has 0 aliphatic carbocycles. The molecule has 2 aromatic carbocycles. The van der Waals surface area contributed by atoms with Crippen molar-refractivity contribution in [1.29, 1.82) is 0 Å². The van der Waals surface area contributed by atoms with Crippen LogP contribution in [0.2, 0.25) is 0 Å². The van der Waals surface area contributed by atoms with Gasteiger partial charge in [-0.25, -0.2) is 0 Å². The summed E-state index contributed by atoms with van der Waals surface area (Å²) in [6.07, 6.45) is 2.14. The summed E-state index contributed by atoms with van der Waals surface area (Å²) in [6, 6.07) is 20.8. The summed E-state index contributed by atoms with van der Waals surface area (Å²) in [7, 11) is -1.53. The first-order valence-corrected chi connectivity index (χ1v) is 8.56. The second kappa shape index (κ2) is 6.02. The molecule has 0 fully saturated rings. The maximum atomic E-state index is 6.40. The fourth-order valence-corrected chi connectivity index (χ4v) is 4.94. The van der Waals surface area contributed by atoms with Crippen LogP contribution in [0.4, 0.5) is 0 Å². The first-order chi connectivity index (χ1) is 8.80. The highest BCUT2D eigenvalue weighted by molar-refractivity contribution is 7.78. The van der Waals surface area contributed by atoms with E-state index in [2.05, 4.69) is 44.2 Å². The van der Waals surface area contributed by atoms with Crippen LogP contribution in [0.15, 0.2) is 60.7 Å². The van der Waals surface area contributed by atoms with Crippen LogP contribution in [0.25, 0.3) is 0 Å². The van der Waals surface area contributed by atoms with Crippen molar-refractivity contribution in [3.63, 3.8) is 0 Å². The molecule has 0 atom stereocenters. The predicted molar refractivity (Wildman–Crippen MR) is 81.1 cm³/mol. The minimum absolute atomic E-state index is 0.985. The first kappa shape index (κ1) is 13.1. The molecule has 2 heteroatoms. The van der Waals surface area contributed by atoms with Gasteiger partial charge in [0.15, 0.2) is 5.75 Å². The van der Waals surface area contributed by atoms with E-state index >= 15 is 0 Å². The minimum Gasteiger partial charge on any atom is -0.345 e. The largest absolute Gasteiger partial charge is 0.345 e. The van der Waals surface area contributed by atoms with Crippen LogP contribution in [-0.4, -0.2) is 12.3 Å². The maximum absolute atomic E-state index is 6.40. The van der Waals surface area contributed by atoms with Gasteiger partial charge in [-0.2, -0.15) is 0 Å². The standard InChI is InChI=1S/C16H20OP/c1-3-18(4-2,16-13-9-6-10-14-16)17-15-11-7-5-8-12-15/h5-14H,3-4H2,1-2H3/q+1. The molecule has 0 aromatic heterocycles. The summed E-state index contributed by atoms with van der Waals surface area (Å²) in [5.41, 5.74) is 0. The first-order valence-electron chi connectivity index (χ1n) is 6.48. The third kappa shape index (κ3) is 2.73. The van der Waals surface area contributed by atoms with Gasteiger partial charge in [0.05, 0.1) is 12.3 Å². The molecule has 0 aliphatic rings. The van der Waals surface area contributed by atoms with Crippen LogP contribution in [0.1, 0.15) is 13.8 Å². The smallest absolute Gasteiger partial charge is 0.222 e. The lowest BCUT2D eigenvalue weighted by atomic mass is 10.3. The number of para-hydroxylation sites is 1. The van der Waals surface area contributed by atoms with Crippen LogP contribution >= 0.6 is 7.49 Å². The normalized spacial score (nSPS) is 11.2. The minimum atomic E-state index is -1.53. The second-order valence-electron chi connectivity index (χ2n) is 4.26. The average Bonchev–Trinajstić information content (AvgIpc) is 2.47. The molecule has 2 aromatic rings. The number of hydrogen-bond donors (Lipinski definition) is 0. The summed E-state index contributed by atoms with van der Waals surface area (Å²) < 4.78 is 6.40. The highest BCUT2D eigenvalue weighted by Gasteiger charge is 2.39. The zero-order chi connectivity index (χ0) is 12.8. The van der Waals surface area contributed by atoms with E-state index in [1.165, 1.54) is 5.30 Å². The van der Waals surface area contributed by atoms with Gasteiger partial charge in [0.1, 0.15) is 5.30 Å². The summed E-state index contributed by atoms with van der Waals surface area (Å²) in [5, 5.41) is 1.36. The van der Waals surface area contributed by atoms with E-state index in [0.29, 0.717) is 0 Å². The van der Waals surface area contributed by atoms with E-state index in [0.717, 1.165) is 18.1 Å². The molecule has 0 heterocycles. The van der Waals surface area contributed by atoms with Gasteiger partial charge in [-0.05, 0) is 38.1 Å². The number of rotatable bonds is 5. The Morgan fingerprint density at radius 1 is 0.778 bits per heavy atom. The van der Waals surface area contributed by atoms with Gasteiger partial charge in [0.25, 0.3) is 0 Å². The van der Waals surface area contributed by atoms with Crippen LogP contribution < -0.4 is 9.83 Å². The monoisotopic (exact) mass is 259 g/mol. The van der Waals surface area contributed by atoms with Gasteiger partial charge in [-0.15, -0.1) is 0 Å². The van der Waals surface area contributed by atoms with Crippen LogP contribution in [-0.2, 0) is 0 Å². The maximum Gasteiger partial charge on any atom is 0.222 e. The fourth-order valence-electron chi connectivity index (χ4n) is 2.15. The van der Waals surface area contributed by atoms with Crippen LogP contribution in [0, 0.1) is 0 Å². The quantitative estimate of drug-likeness (QED) is 0.725. The van der Waals surface area contributed by atoms with Crippen molar-refractivity contribution in [2.75, 3.05) is 12.3 Å². The highest BCUT2D eigenvalue weighted by atomic mass is 31.2. The lowest BCUT2D eigenvalue weighted by molar-refractivity contribution is 0.603. The van der Waals surface area contributed by atoms with Gasteiger partial charge < -0.3 is 4.52 Å². The molecular weight excluding hydrogens is 239 g/mol. The zero-order valence-electron chi connectivity index (χ0n) is 11.0. The van der Waals surface area contributed by atoms with Crippen molar-refractivity contribution in [2.24, 2.45) is 0 Å². The van der Waals surface area contributed by atoms with Crippen molar-refractivity contribution >= 4 is 12.8 Å². The Bertz CT molecular complexity index is 463. The zero-order valence-corrected chi connectivity index (χ0v) is 11.9. The third-order valence-corrected chi connectivity index (χ3v) is 7.11. The van der Waals surface area contributed by atoms with Gasteiger partial charge in [0, 0.05) is 0 Å². The molecule has 0 radical (unpaired) electrons. The molecule has 0 aliphatic heterocycles. The average molecular weight is 259 g/mol. The Balaban J connectivity index is 2.33. The lowest BCUT2D eigenvalue weighted by Crippen LogP contribution is -2.20. The van der Waals surface area contributed by atoms with Crippen LogP contribution in [0.5, 0.6) is 5.75 Å². The molecule has 2 rings (SSSR count). The second-order valence-corrected chi connectivity index (χ2v) is 8.00. The molecule has 94 valence electrons. The fraction of sp³-hybridized carbons (Fsp3) is 0.250. The molecule has 0 amide bonds. The molecule has 18 heavy (non-hydrogen) atoms. The summed E-state index contributed by atoms with van der Waals surface area (Å²) >= 11 is 0. The SMILES string of the molecule is CC[P+](CC)(Oc1ccccc1)c1ccccc1. The van der Waals surface area contributed by atoms with E-state index in [1.807, 2.05) is 30.3 Å². The summed E-state index contributed by atoms with van der Waals surface area (Å²) in [4.78, 5) is 0. The Kier molecular flexibility index (Phi) is 4.38. The van der Waals surface area contributed by atoms with E-state index in [9.17, 15) is 0 Å². The van der Waals surface area contributed by atoms with Crippen molar-refractivity contribution in [3.05, 3.63) is 60.7 Å². The lowest BCUT2D eigenvalue weighted by Gasteiger charge is -2.23.